The number of rotatable bonds is 3. The maximum absolute atomic E-state index is 11.9. The Bertz CT molecular complexity index is 598. The average Bonchev–Trinajstić information content (AvgIpc) is 2.37. The quantitative estimate of drug-likeness (QED) is 0.842. The van der Waals surface area contributed by atoms with Gasteiger partial charge in [-0.1, -0.05) is 11.6 Å². The molecule has 0 radical (unpaired) electrons. The SMILES string of the molecule is Cc1cnc(Cl)c(NC(=O)Cc2ccc(N)cn2)c1. The molecular weight excluding hydrogens is 264 g/mol. The second-order valence-electron chi connectivity index (χ2n) is 4.16. The third-order valence-corrected chi connectivity index (χ3v) is 2.74. The van der Waals surface area contributed by atoms with E-state index in [0.29, 0.717) is 17.1 Å². The number of pyridine rings is 2. The van der Waals surface area contributed by atoms with Gasteiger partial charge in [-0.25, -0.2) is 4.98 Å². The zero-order valence-electron chi connectivity index (χ0n) is 10.4. The predicted molar refractivity (Wildman–Crippen MR) is 75.0 cm³/mol. The predicted octanol–water partition coefficient (Wildman–Crippen LogP) is 2.20. The molecule has 5 nitrogen and oxygen atoms in total. The van der Waals surface area contributed by atoms with E-state index in [9.17, 15) is 4.79 Å². The lowest BCUT2D eigenvalue weighted by molar-refractivity contribution is -0.115. The van der Waals surface area contributed by atoms with Crippen molar-refractivity contribution in [3.05, 3.63) is 47.0 Å². The first kappa shape index (κ1) is 13.3. The first-order valence-electron chi connectivity index (χ1n) is 5.67. The average molecular weight is 277 g/mol. The molecule has 0 aromatic carbocycles. The number of nitrogens with two attached hydrogens (primary N) is 1. The van der Waals surface area contributed by atoms with Gasteiger partial charge in [0.15, 0.2) is 5.15 Å². The molecule has 0 aliphatic carbocycles. The Morgan fingerprint density at radius 2 is 2.16 bits per heavy atom. The maximum atomic E-state index is 11.9. The maximum Gasteiger partial charge on any atom is 0.230 e. The number of aryl methyl sites for hydroxylation is 1. The summed E-state index contributed by atoms with van der Waals surface area (Å²) in [7, 11) is 0. The molecule has 3 N–H and O–H groups in total. The molecule has 2 heterocycles. The van der Waals surface area contributed by atoms with Crippen LogP contribution in [0.15, 0.2) is 30.6 Å². The highest BCUT2D eigenvalue weighted by atomic mass is 35.5. The Labute approximate surface area is 115 Å². The van der Waals surface area contributed by atoms with Gasteiger partial charge < -0.3 is 11.1 Å². The number of nitrogen functional groups attached to an aromatic ring is 1. The van der Waals surface area contributed by atoms with Crippen LogP contribution in [0.2, 0.25) is 5.15 Å². The molecule has 0 atom stereocenters. The summed E-state index contributed by atoms with van der Waals surface area (Å²) in [5.41, 5.74) is 8.16. The molecule has 6 heteroatoms. The van der Waals surface area contributed by atoms with E-state index in [1.807, 2.05) is 6.92 Å². The number of nitrogens with zero attached hydrogens (tertiary/aromatic N) is 2. The number of hydrogen-bond acceptors (Lipinski definition) is 4. The highest BCUT2D eigenvalue weighted by Gasteiger charge is 2.08. The third-order valence-electron chi connectivity index (χ3n) is 2.44. The summed E-state index contributed by atoms with van der Waals surface area (Å²) >= 11 is 5.91. The highest BCUT2D eigenvalue weighted by Crippen LogP contribution is 2.19. The fourth-order valence-corrected chi connectivity index (χ4v) is 1.69. The van der Waals surface area contributed by atoms with Crippen LogP contribution in [0.1, 0.15) is 11.3 Å². The number of nitrogens with one attached hydrogen (secondary N) is 1. The van der Waals surface area contributed by atoms with Gasteiger partial charge in [-0.05, 0) is 30.7 Å². The van der Waals surface area contributed by atoms with E-state index in [1.54, 1.807) is 24.4 Å². The molecule has 0 saturated heterocycles. The van der Waals surface area contributed by atoms with Crippen molar-refractivity contribution in [1.82, 2.24) is 9.97 Å². The lowest BCUT2D eigenvalue weighted by Gasteiger charge is -2.07. The Morgan fingerprint density at radius 3 is 2.84 bits per heavy atom. The van der Waals surface area contributed by atoms with Gasteiger partial charge in [0.25, 0.3) is 0 Å². The first-order chi connectivity index (χ1) is 9.04. The van der Waals surface area contributed by atoms with Gasteiger partial charge in [0.2, 0.25) is 5.91 Å². The molecular formula is C13H13ClN4O. The van der Waals surface area contributed by atoms with Crippen molar-refractivity contribution in [2.75, 3.05) is 11.1 Å². The smallest absolute Gasteiger partial charge is 0.230 e. The van der Waals surface area contributed by atoms with E-state index < -0.39 is 0 Å². The lowest BCUT2D eigenvalue weighted by Crippen LogP contribution is -2.15. The van der Waals surface area contributed by atoms with Crippen LogP contribution in [-0.2, 0) is 11.2 Å². The van der Waals surface area contributed by atoms with Crippen LogP contribution in [0.3, 0.4) is 0 Å². The van der Waals surface area contributed by atoms with Gasteiger partial charge in [-0.2, -0.15) is 0 Å². The molecule has 0 unspecified atom stereocenters. The van der Waals surface area contributed by atoms with E-state index >= 15 is 0 Å². The number of amides is 1. The van der Waals surface area contributed by atoms with Gasteiger partial charge >= 0.3 is 0 Å². The second kappa shape index (κ2) is 5.67. The molecule has 0 aliphatic heterocycles. The van der Waals surface area contributed by atoms with Crippen LogP contribution < -0.4 is 11.1 Å². The van der Waals surface area contributed by atoms with Gasteiger partial charge in [0, 0.05) is 11.9 Å². The number of carbonyl (C=O) groups excluding carboxylic acids is 1. The van der Waals surface area contributed by atoms with Crippen LogP contribution in [0, 0.1) is 6.92 Å². The molecule has 1 amide bonds. The van der Waals surface area contributed by atoms with Gasteiger partial charge in [-0.15, -0.1) is 0 Å². The van der Waals surface area contributed by atoms with Crippen molar-refractivity contribution >= 4 is 28.9 Å². The molecule has 2 rings (SSSR count). The molecule has 98 valence electrons. The van der Waals surface area contributed by atoms with Gasteiger partial charge in [-0.3, -0.25) is 9.78 Å². The standard InChI is InChI=1S/C13H13ClN4O/c1-8-4-11(13(14)17-6-8)18-12(19)5-10-3-2-9(15)7-16-10/h2-4,6-7H,5,15H2,1H3,(H,18,19). The molecule has 2 aromatic heterocycles. The Kier molecular flexibility index (Phi) is 3.97. The van der Waals surface area contributed by atoms with E-state index in [0.717, 1.165) is 5.56 Å². The molecule has 0 saturated carbocycles. The third kappa shape index (κ3) is 3.66. The molecule has 0 aliphatic rings. The summed E-state index contributed by atoms with van der Waals surface area (Å²) in [5, 5.41) is 2.98. The van der Waals surface area contributed by atoms with Crippen LogP contribution in [0.25, 0.3) is 0 Å². The summed E-state index contributed by atoms with van der Waals surface area (Å²) in [5.74, 6) is -0.202. The number of halogens is 1. The summed E-state index contributed by atoms with van der Waals surface area (Å²) in [6.07, 6.45) is 3.31. The minimum Gasteiger partial charge on any atom is -0.397 e. The fraction of sp³-hybridized carbons (Fsp3) is 0.154. The summed E-state index contributed by atoms with van der Waals surface area (Å²) < 4.78 is 0. The van der Waals surface area contributed by atoms with Crippen molar-refractivity contribution in [2.24, 2.45) is 0 Å². The summed E-state index contributed by atoms with van der Waals surface area (Å²) in [6, 6.07) is 5.19. The van der Waals surface area contributed by atoms with Gasteiger partial charge in [0.05, 0.1) is 24.0 Å². The van der Waals surface area contributed by atoms with Crippen molar-refractivity contribution in [3.63, 3.8) is 0 Å². The van der Waals surface area contributed by atoms with Crippen molar-refractivity contribution in [2.45, 2.75) is 13.3 Å². The van der Waals surface area contributed by atoms with E-state index in [4.69, 9.17) is 17.3 Å². The normalized spacial score (nSPS) is 10.2. The monoisotopic (exact) mass is 276 g/mol. The molecule has 0 fully saturated rings. The largest absolute Gasteiger partial charge is 0.397 e. The zero-order valence-corrected chi connectivity index (χ0v) is 11.1. The molecule has 19 heavy (non-hydrogen) atoms. The molecule has 2 aromatic rings. The zero-order chi connectivity index (χ0) is 13.8. The highest BCUT2D eigenvalue weighted by molar-refractivity contribution is 6.32. The van der Waals surface area contributed by atoms with E-state index in [-0.39, 0.29) is 17.5 Å². The van der Waals surface area contributed by atoms with Crippen LogP contribution >= 0.6 is 11.6 Å². The van der Waals surface area contributed by atoms with Crippen molar-refractivity contribution < 1.29 is 4.79 Å². The molecule has 0 spiro atoms. The summed E-state index contributed by atoms with van der Waals surface area (Å²) in [6.45, 7) is 1.88. The Balaban J connectivity index is 2.05. The lowest BCUT2D eigenvalue weighted by atomic mass is 10.2. The first-order valence-corrected chi connectivity index (χ1v) is 6.05. The minimum atomic E-state index is -0.202. The van der Waals surface area contributed by atoms with Crippen LogP contribution in [0.4, 0.5) is 11.4 Å². The summed E-state index contributed by atoms with van der Waals surface area (Å²) in [4.78, 5) is 19.9. The Morgan fingerprint density at radius 1 is 1.37 bits per heavy atom. The van der Waals surface area contributed by atoms with E-state index in [1.165, 1.54) is 6.20 Å². The topological polar surface area (TPSA) is 80.9 Å². The number of aromatic nitrogens is 2. The van der Waals surface area contributed by atoms with Crippen molar-refractivity contribution in [1.29, 1.82) is 0 Å². The second-order valence-corrected chi connectivity index (χ2v) is 4.52. The Hall–Kier alpha value is -2.14. The van der Waals surface area contributed by atoms with Crippen LogP contribution in [-0.4, -0.2) is 15.9 Å². The van der Waals surface area contributed by atoms with Gasteiger partial charge in [0.1, 0.15) is 0 Å². The van der Waals surface area contributed by atoms with E-state index in [2.05, 4.69) is 15.3 Å². The molecule has 0 bridgehead atoms. The minimum absolute atomic E-state index is 0.157. The number of anilines is 2. The number of hydrogen-bond donors (Lipinski definition) is 2. The number of carbonyl (C=O) groups is 1. The van der Waals surface area contributed by atoms with Crippen LogP contribution in [0.5, 0.6) is 0 Å². The van der Waals surface area contributed by atoms with Crippen molar-refractivity contribution in [3.8, 4) is 0 Å². The fourth-order valence-electron chi connectivity index (χ4n) is 1.54.